The number of hydrogen-bond donors (Lipinski definition) is 4. The Labute approximate surface area is 122 Å². The zero-order chi connectivity index (χ0) is 15.0. The van der Waals surface area contributed by atoms with Gasteiger partial charge < -0.3 is 21.1 Å². The highest BCUT2D eigenvalue weighted by atomic mass is 32.2. The third-order valence-electron chi connectivity index (χ3n) is 3.03. The van der Waals surface area contributed by atoms with E-state index in [1.165, 1.54) is 0 Å². The molecule has 0 aliphatic carbocycles. The summed E-state index contributed by atoms with van der Waals surface area (Å²) in [5, 5.41) is 16.6. The van der Waals surface area contributed by atoms with Gasteiger partial charge in [-0.2, -0.15) is 11.8 Å². The van der Waals surface area contributed by atoms with Crippen molar-refractivity contribution in [2.75, 3.05) is 25.1 Å². The van der Waals surface area contributed by atoms with Crippen molar-refractivity contribution >= 4 is 29.5 Å². The van der Waals surface area contributed by atoms with E-state index in [9.17, 15) is 14.4 Å². The molecule has 0 radical (unpaired) electrons. The first kappa shape index (κ1) is 16.8. The molecule has 1 saturated heterocycles. The van der Waals surface area contributed by atoms with Crippen LogP contribution in [-0.4, -0.2) is 60.1 Å². The minimum absolute atomic E-state index is 0.195. The van der Waals surface area contributed by atoms with Gasteiger partial charge in [-0.25, -0.2) is 0 Å². The Kier molecular flexibility index (Phi) is 7.38. The van der Waals surface area contributed by atoms with E-state index in [4.69, 9.17) is 5.11 Å². The Balaban J connectivity index is 2.50. The number of aliphatic carboxylic acids is 1. The molecule has 1 rings (SSSR count). The van der Waals surface area contributed by atoms with Gasteiger partial charge in [-0.3, -0.25) is 14.4 Å². The SMILES string of the molecule is CSCC[C@H](NC(=O)[C@@H]1CCCN1)C(=O)NCC(=O)O. The summed E-state index contributed by atoms with van der Waals surface area (Å²) in [5.41, 5.74) is 0. The number of carboxylic acids is 1. The van der Waals surface area contributed by atoms with Gasteiger partial charge in [0, 0.05) is 0 Å². The standard InChI is InChI=1S/C12H21N3O4S/c1-20-6-4-9(11(18)14-7-10(16)17)15-12(19)8-3-2-5-13-8/h8-9,13H,2-7H2,1H3,(H,14,18)(H,15,19)(H,16,17)/t8-,9-/m0/s1. The molecule has 0 unspecified atom stereocenters. The van der Waals surface area contributed by atoms with Crippen LogP contribution < -0.4 is 16.0 Å². The largest absolute Gasteiger partial charge is 0.480 e. The van der Waals surface area contributed by atoms with Gasteiger partial charge in [0.05, 0.1) is 6.04 Å². The summed E-state index contributed by atoms with van der Waals surface area (Å²) in [6.45, 7) is 0.366. The summed E-state index contributed by atoms with van der Waals surface area (Å²) in [5.74, 6) is -1.04. The molecule has 0 spiro atoms. The molecule has 1 aliphatic heterocycles. The van der Waals surface area contributed by atoms with E-state index in [2.05, 4.69) is 16.0 Å². The second-order valence-corrected chi connectivity index (χ2v) is 5.59. The molecular weight excluding hydrogens is 282 g/mol. The number of carbonyl (C=O) groups is 3. The first-order valence-electron chi connectivity index (χ1n) is 6.56. The molecule has 114 valence electrons. The zero-order valence-corrected chi connectivity index (χ0v) is 12.3. The van der Waals surface area contributed by atoms with Crippen molar-refractivity contribution in [2.24, 2.45) is 0 Å². The van der Waals surface area contributed by atoms with Crippen molar-refractivity contribution < 1.29 is 19.5 Å². The molecule has 0 aromatic heterocycles. The maximum absolute atomic E-state index is 12.0. The molecule has 1 aliphatic rings. The van der Waals surface area contributed by atoms with Crippen molar-refractivity contribution in [2.45, 2.75) is 31.3 Å². The van der Waals surface area contributed by atoms with Gasteiger partial charge in [0.15, 0.2) is 0 Å². The first-order chi connectivity index (χ1) is 9.54. The number of nitrogens with one attached hydrogen (secondary N) is 3. The topological polar surface area (TPSA) is 108 Å². The van der Waals surface area contributed by atoms with Gasteiger partial charge in [-0.1, -0.05) is 0 Å². The van der Waals surface area contributed by atoms with E-state index < -0.39 is 24.5 Å². The zero-order valence-electron chi connectivity index (χ0n) is 11.5. The van der Waals surface area contributed by atoms with Gasteiger partial charge in [0.25, 0.3) is 0 Å². The first-order valence-corrected chi connectivity index (χ1v) is 7.96. The van der Waals surface area contributed by atoms with E-state index in [0.717, 1.165) is 19.4 Å². The number of hydrogen-bond acceptors (Lipinski definition) is 5. The molecule has 20 heavy (non-hydrogen) atoms. The molecule has 8 heteroatoms. The molecule has 0 aromatic rings. The molecule has 0 bridgehead atoms. The average Bonchev–Trinajstić information content (AvgIpc) is 2.94. The van der Waals surface area contributed by atoms with Crippen molar-refractivity contribution in [3.8, 4) is 0 Å². The fourth-order valence-corrected chi connectivity index (χ4v) is 2.44. The summed E-state index contributed by atoms with van der Waals surface area (Å²) >= 11 is 1.57. The Morgan fingerprint density at radius 1 is 1.45 bits per heavy atom. The molecule has 0 saturated carbocycles. The lowest BCUT2D eigenvalue weighted by molar-refractivity contribution is -0.138. The lowest BCUT2D eigenvalue weighted by Gasteiger charge is -2.20. The van der Waals surface area contributed by atoms with Crippen LogP contribution in [0.5, 0.6) is 0 Å². The van der Waals surface area contributed by atoms with Gasteiger partial charge in [0.1, 0.15) is 12.6 Å². The molecule has 7 nitrogen and oxygen atoms in total. The third kappa shape index (κ3) is 5.79. The third-order valence-corrected chi connectivity index (χ3v) is 3.68. The number of carboxylic acid groups (broad SMARTS) is 1. The van der Waals surface area contributed by atoms with E-state index in [1.54, 1.807) is 11.8 Å². The van der Waals surface area contributed by atoms with Crippen molar-refractivity contribution in [3.63, 3.8) is 0 Å². The van der Waals surface area contributed by atoms with Crippen LogP contribution in [0, 0.1) is 0 Å². The van der Waals surface area contributed by atoms with Crippen LogP contribution in [0.25, 0.3) is 0 Å². The summed E-state index contributed by atoms with van der Waals surface area (Å²) < 4.78 is 0. The highest BCUT2D eigenvalue weighted by molar-refractivity contribution is 7.98. The predicted molar refractivity (Wildman–Crippen MR) is 76.6 cm³/mol. The molecule has 1 heterocycles. The van der Waals surface area contributed by atoms with Gasteiger partial charge in [0.2, 0.25) is 11.8 Å². The molecular formula is C12H21N3O4S. The molecule has 2 amide bonds. The number of amides is 2. The fraction of sp³-hybridized carbons (Fsp3) is 0.750. The maximum Gasteiger partial charge on any atom is 0.322 e. The maximum atomic E-state index is 12.0. The van der Waals surface area contributed by atoms with E-state index >= 15 is 0 Å². The highest BCUT2D eigenvalue weighted by Crippen LogP contribution is 2.07. The second-order valence-electron chi connectivity index (χ2n) is 4.60. The second kappa shape index (κ2) is 8.80. The smallest absolute Gasteiger partial charge is 0.322 e. The lowest BCUT2D eigenvalue weighted by Crippen LogP contribution is -2.52. The van der Waals surface area contributed by atoms with Gasteiger partial charge >= 0.3 is 5.97 Å². The fourth-order valence-electron chi connectivity index (χ4n) is 1.97. The minimum Gasteiger partial charge on any atom is -0.480 e. The Morgan fingerprint density at radius 2 is 2.20 bits per heavy atom. The number of carbonyl (C=O) groups excluding carboxylic acids is 2. The minimum atomic E-state index is -1.11. The monoisotopic (exact) mass is 303 g/mol. The summed E-state index contributed by atoms with van der Waals surface area (Å²) in [6.07, 6.45) is 4.09. The highest BCUT2D eigenvalue weighted by Gasteiger charge is 2.27. The van der Waals surface area contributed by atoms with Crippen LogP contribution in [0.2, 0.25) is 0 Å². The molecule has 4 N–H and O–H groups in total. The molecule has 0 aromatic carbocycles. The van der Waals surface area contributed by atoms with E-state index in [0.29, 0.717) is 12.2 Å². The Hall–Kier alpha value is -1.28. The van der Waals surface area contributed by atoms with Gasteiger partial charge in [-0.05, 0) is 37.8 Å². The van der Waals surface area contributed by atoms with Crippen molar-refractivity contribution in [1.29, 1.82) is 0 Å². The lowest BCUT2D eigenvalue weighted by atomic mass is 10.1. The summed E-state index contributed by atoms with van der Waals surface area (Å²) in [6, 6.07) is -0.934. The van der Waals surface area contributed by atoms with Crippen molar-refractivity contribution in [1.82, 2.24) is 16.0 Å². The van der Waals surface area contributed by atoms with Crippen LogP contribution in [0.4, 0.5) is 0 Å². The quantitative estimate of drug-likeness (QED) is 0.466. The summed E-state index contributed by atoms with van der Waals surface area (Å²) in [4.78, 5) is 34.3. The van der Waals surface area contributed by atoms with Crippen LogP contribution in [0.15, 0.2) is 0 Å². The average molecular weight is 303 g/mol. The van der Waals surface area contributed by atoms with E-state index in [1.807, 2.05) is 6.26 Å². The van der Waals surface area contributed by atoms with Gasteiger partial charge in [-0.15, -0.1) is 0 Å². The normalized spacial score (nSPS) is 19.4. The number of thioether (sulfide) groups is 1. The summed E-state index contributed by atoms with van der Waals surface area (Å²) in [7, 11) is 0. The van der Waals surface area contributed by atoms with Crippen LogP contribution in [0.3, 0.4) is 0 Å². The van der Waals surface area contributed by atoms with Crippen molar-refractivity contribution in [3.05, 3.63) is 0 Å². The molecule has 1 fully saturated rings. The predicted octanol–water partition coefficient (Wildman–Crippen LogP) is -0.823. The van der Waals surface area contributed by atoms with Crippen LogP contribution >= 0.6 is 11.8 Å². The molecule has 2 atom stereocenters. The van der Waals surface area contributed by atoms with Crippen LogP contribution in [-0.2, 0) is 14.4 Å². The Bertz CT molecular complexity index is 359. The number of rotatable bonds is 8. The van der Waals surface area contributed by atoms with E-state index in [-0.39, 0.29) is 11.9 Å². The Morgan fingerprint density at radius 3 is 2.75 bits per heavy atom. The van der Waals surface area contributed by atoms with Crippen LogP contribution in [0.1, 0.15) is 19.3 Å².